The van der Waals surface area contributed by atoms with Crippen LogP contribution in [0.4, 0.5) is 0 Å². The number of ether oxygens (including phenoxy) is 1. The van der Waals surface area contributed by atoms with Crippen LogP contribution in [0.2, 0.25) is 0 Å². The molecule has 0 bridgehead atoms. The van der Waals surface area contributed by atoms with E-state index in [4.69, 9.17) is 4.74 Å². The van der Waals surface area contributed by atoms with Crippen LogP contribution in [0.1, 0.15) is 109 Å². The van der Waals surface area contributed by atoms with Crippen LogP contribution in [0, 0.1) is 0 Å². The maximum atomic E-state index is 5.89. The van der Waals surface area contributed by atoms with Crippen molar-refractivity contribution in [1.29, 1.82) is 0 Å². The van der Waals surface area contributed by atoms with Crippen molar-refractivity contribution in [1.82, 2.24) is 0 Å². The van der Waals surface area contributed by atoms with Crippen LogP contribution in [-0.4, -0.2) is 0 Å². The maximum Gasteiger partial charge on any atom is 0.127 e. The van der Waals surface area contributed by atoms with Crippen molar-refractivity contribution in [2.45, 2.75) is 103 Å². The van der Waals surface area contributed by atoms with Crippen molar-refractivity contribution in [3.8, 4) is 11.5 Å². The molecule has 1 atom stereocenters. The van der Waals surface area contributed by atoms with Crippen molar-refractivity contribution in [3.05, 3.63) is 60.2 Å². The normalized spacial score (nSPS) is 12.1. The molecule has 2 rings (SSSR count). The first kappa shape index (κ1) is 23.5. The van der Waals surface area contributed by atoms with Gasteiger partial charge in [0, 0.05) is 0 Å². The zero-order chi connectivity index (χ0) is 20.6. The highest BCUT2D eigenvalue weighted by Crippen LogP contribution is 2.26. The Morgan fingerprint density at radius 3 is 1.62 bits per heavy atom. The largest absolute Gasteiger partial charge is 0.457 e. The second-order valence-electron chi connectivity index (χ2n) is 8.56. The predicted molar refractivity (Wildman–Crippen MR) is 127 cm³/mol. The molecule has 0 spiro atoms. The van der Waals surface area contributed by atoms with E-state index in [1.54, 1.807) is 0 Å². The minimum absolute atomic E-state index is 0.629. The van der Waals surface area contributed by atoms with Crippen molar-refractivity contribution >= 4 is 0 Å². The molecule has 0 saturated heterocycles. The fraction of sp³-hybridized carbons (Fsp3) is 0.571. The molecule has 1 nitrogen and oxygen atoms in total. The van der Waals surface area contributed by atoms with Gasteiger partial charge in [0.2, 0.25) is 0 Å². The summed E-state index contributed by atoms with van der Waals surface area (Å²) in [6.45, 7) is 4.64. The van der Waals surface area contributed by atoms with Crippen molar-refractivity contribution in [2.24, 2.45) is 0 Å². The van der Waals surface area contributed by atoms with E-state index in [0.717, 1.165) is 11.5 Å². The summed E-state index contributed by atoms with van der Waals surface area (Å²) in [5.74, 6) is 2.44. The highest BCUT2D eigenvalue weighted by atomic mass is 16.5. The van der Waals surface area contributed by atoms with E-state index < -0.39 is 0 Å². The molecule has 2 aromatic carbocycles. The van der Waals surface area contributed by atoms with Gasteiger partial charge in [0.25, 0.3) is 0 Å². The van der Waals surface area contributed by atoms with Crippen LogP contribution < -0.4 is 4.74 Å². The highest BCUT2D eigenvalue weighted by molar-refractivity contribution is 5.33. The molecule has 0 aromatic heterocycles. The number of benzene rings is 2. The average molecular weight is 395 g/mol. The van der Waals surface area contributed by atoms with E-state index in [0.29, 0.717) is 5.92 Å². The topological polar surface area (TPSA) is 9.23 Å². The van der Waals surface area contributed by atoms with Gasteiger partial charge in [0.15, 0.2) is 0 Å². The summed E-state index contributed by atoms with van der Waals surface area (Å²) >= 11 is 0. The van der Waals surface area contributed by atoms with Gasteiger partial charge in [0.05, 0.1) is 0 Å². The molecule has 0 aliphatic carbocycles. The van der Waals surface area contributed by atoms with E-state index in [-0.39, 0.29) is 0 Å². The Kier molecular flexibility index (Phi) is 12.3. The minimum Gasteiger partial charge on any atom is -0.457 e. The van der Waals surface area contributed by atoms with Gasteiger partial charge in [-0.15, -0.1) is 0 Å². The van der Waals surface area contributed by atoms with Crippen LogP contribution in [0.5, 0.6) is 11.5 Å². The molecule has 2 aromatic rings. The van der Waals surface area contributed by atoms with E-state index in [1.807, 2.05) is 30.3 Å². The van der Waals surface area contributed by atoms with E-state index in [9.17, 15) is 0 Å². The van der Waals surface area contributed by atoms with Gasteiger partial charge >= 0.3 is 0 Å². The lowest BCUT2D eigenvalue weighted by atomic mass is 9.94. The van der Waals surface area contributed by atoms with E-state index in [1.165, 1.54) is 89.0 Å². The SMILES string of the molecule is CCCCCCCCCCCCCCC(C)c1ccc(Oc2ccccc2)cc1. The first-order valence-electron chi connectivity index (χ1n) is 12.1. The molecule has 0 heterocycles. The summed E-state index contributed by atoms with van der Waals surface area (Å²) in [6.07, 6.45) is 18.3. The van der Waals surface area contributed by atoms with Crippen LogP contribution in [0.25, 0.3) is 0 Å². The summed E-state index contributed by atoms with van der Waals surface area (Å²) in [7, 11) is 0. The van der Waals surface area contributed by atoms with Crippen LogP contribution >= 0.6 is 0 Å². The lowest BCUT2D eigenvalue weighted by Crippen LogP contribution is -1.94. The zero-order valence-electron chi connectivity index (χ0n) is 18.9. The lowest BCUT2D eigenvalue weighted by molar-refractivity contribution is 0.482. The molecule has 0 aliphatic heterocycles. The third-order valence-electron chi connectivity index (χ3n) is 5.92. The highest BCUT2D eigenvalue weighted by Gasteiger charge is 2.06. The second-order valence-corrected chi connectivity index (χ2v) is 8.56. The first-order chi connectivity index (χ1) is 14.3. The Morgan fingerprint density at radius 2 is 1.07 bits per heavy atom. The van der Waals surface area contributed by atoms with Gasteiger partial charge in [-0.1, -0.05) is 121 Å². The van der Waals surface area contributed by atoms with E-state index >= 15 is 0 Å². The van der Waals surface area contributed by atoms with Gasteiger partial charge in [-0.05, 0) is 42.2 Å². The lowest BCUT2D eigenvalue weighted by Gasteiger charge is -2.13. The van der Waals surface area contributed by atoms with E-state index in [2.05, 4.69) is 38.1 Å². The van der Waals surface area contributed by atoms with Crippen molar-refractivity contribution in [2.75, 3.05) is 0 Å². The maximum absolute atomic E-state index is 5.89. The summed E-state index contributed by atoms with van der Waals surface area (Å²) < 4.78 is 5.89. The third-order valence-corrected chi connectivity index (χ3v) is 5.92. The Bertz CT molecular complexity index is 617. The molecule has 160 valence electrons. The molecule has 0 radical (unpaired) electrons. The monoisotopic (exact) mass is 394 g/mol. The number of rotatable bonds is 16. The quantitative estimate of drug-likeness (QED) is 0.257. The number of unbranched alkanes of at least 4 members (excludes halogenated alkanes) is 11. The molecular weight excluding hydrogens is 352 g/mol. The second kappa shape index (κ2) is 15.1. The summed E-state index contributed by atoms with van der Waals surface area (Å²) in [4.78, 5) is 0. The molecule has 1 heteroatoms. The summed E-state index contributed by atoms with van der Waals surface area (Å²) in [5.41, 5.74) is 1.42. The Morgan fingerprint density at radius 1 is 0.586 bits per heavy atom. The third kappa shape index (κ3) is 10.5. The van der Waals surface area contributed by atoms with Gasteiger partial charge < -0.3 is 4.74 Å². The molecule has 1 unspecified atom stereocenters. The smallest absolute Gasteiger partial charge is 0.127 e. The van der Waals surface area contributed by atoms with Gasteiger partial charge in [-0.3, -0.25) is 0 Å². The van der Waals surface area contributed by atoms with Crippen LogP contribution in [0.15, 0.2) is 54.6 Å². The van der Waals surface area contributed by atoms with Crippen LogP contribution in [-0.2, 0) is 0 Å². The van der Waals surface area contributed by atoms with Gasteiger partial charge in [-0.2, -0.15) is 0 Å². The van der Waals surface area contributed by atoms with Crippen LogP contribution in [0.3, 0.4) is 0 Å². The number of hydrogen-bond acceptors (Lipinski definition) is 1. The number of para-hydroxylation sites is 1. The molecule has 0 aliphatic rings. The molecule has 0 N–H and O–H groups in total. The molecule has 0 fully saturated rings. The predicted octanol–water partition coefficient (Wildman–Crippen LogP) is 9.67. The molecule has 0 amide bonds. The zero-order valence-corrected chi connectivity index (χ0v) is 18.9. The molecule has 29 heavy (non-hydrogen) atoms. The Balaban J connectivity index is 1.50. The Labute approximate surface area is 179 Å². The van der Waals surface area contributed by atoms with Crippen molar-refractivity contribution < 1.29 is 4.74 Å². The molecule has 0 saturated carbocycles. The minimum atomic E-state index is 0.629. The first-order valence-corrected chi connectivity index (χ1v) is 12.1. The molecular formula is C28H42O. The average Bonchev–Trinajstić information content (AvgIpc) is 2.75. The fourth-order valence-electron chi connectivity index (χ4n) is 3.95. The summed E-state index contributed by atoms with van der Waals surface area (Å²) in [5, 5.41) is 0. The summed E-state index contributed by atoms with van der Waals surface area (Å²) in [6, 6.07) is 18.6. The van der Waals surface area contributed by atoms with Gasteiger partial charge in [0.1, 0.15) is 11.5 Å². The van der Waals surface area contributed by atoms with Gasteiger partial charge in [-0.25, -0.2) is 0 Å². The standard InChI is InChI=1S/C28H42O/c1-3-4-5-6-7-8-9-10-11-12-13-15-18-25(2)26-21-23-28(24-22-26)29-27-19-16-14-17-20-27/h14,16-17,19-25H,3-13,15,18H2,1-2H3. The van der Waals surface area contributed by atoms with Crippen molar-refractivity contribution in [3.63, 3.8) is 0 Å². The Hall–Kier alpha value is -1.76. The number of hydrogen-bond donors (Lipinski definition) is 0. The fourth-order valence-corrected chi connectivity index (χ4v) is 3.95.